The van der Waals surface area contributed by atoms with E-state index in [0.29, 0.717) is 39.7 Å². The average Bonchev–Trinajstić information content (AvgIpc) is 3.20. The van der Waals surface area contributed by atoms with E-state index < -0.39 is 11.2 Å². The Hall–Kier alpha value is -2.36. The van der Waals surface area contributed by atoms with Gasteiger partial charge in [-0.1, -0.05) is 17.7 Å². The molecule has 0 aliphatic carbocycles. The highest BCUT2D eigenvalue weighted by Crippen LogP contribution is 2.24. The smallest absolute Gasteiger partial charge is 0.332 e. The summed E-state index contributed by atoms with van der Waals surface area (Å²) in [4.78, 5) is 33.4. The minimum absolute atomic E-state index is 0.0951. The molecule has 8 nitrogen and oxygen atoms in total. The molecule has 27 heavy (non-hydrogen) atoms. The molecule has 0 aliphatic heterocycles. The lowest BCUT2D eigenvalue weighted by Gasteiger charge is -2.09. The van der Waals surface area contributed by atoms with Crippen molar-refractivity contribution in [2.24, 2.45) is 12.8 Å². The Labute approximate surface area is 166 Å². The van der Waals surface area contributed by atoms with Crippen LogP contribution in [-0.2, 0) is 20.1 Å². The van der Waals surface area contributed by atoms with Gasteiger partial charge >= 0.3 is 5.69 Å². The first-order valence-corrected chi connectivity index (χ1v) is 9.41. The first-order chi connectivity index (χ1) is 12.9. The number of nitrogens with two attached hydrogens (primary N) is 1. The lowest BCUT2D eigenvalue weighted by atomic mass is 10.2. The molecule has 3 N–H and O–H groups in total. The molecule has 3 aromatic heterocycles. The van der Waals surface area contributed by atoms with Crippen LogP contribution in [0.1, 0.15) is 5.69 Å². The van der Waals surface area contributed by atoms with Gasteiger partial charge in [0.15, 0.2) is 15.9 Å². The third-order valence-electron chi connectivity index (χ3n) is 4.53. The highest BCUT2D eigenvalue weighted by Gasteiger charge is 2.19. The third kappa shape index (κ3) is 2.82. The minimum atomic E-state index is -0.442. The zero-order chi connectivity index (χ0) is 19.3. The molecule has 0 unspecified atom stereocenters. The van der Waals surface area contributed by atoms with Gasteiger partial charge < -0.3 is 15.3 Å². The predicted molar refractivity (Wildman–Crippen MR) is 108 cm³/mol. The molecule has 4 rings (SSSR count). The summed E-state index contributed by atoms with van der Waals surface area (Å²) in [7, 11) is 1.59. The summed E-state index contributed by atoms with van der Waals surface area (Å²) in [5.74, 6) is 0. The van der Waals surface area contributed by atoms with Crippen LogP contribution in [0.3, 0.4) is 0 Å². The van der Waals surface area contributed by atoms with E-state index in [1.165, 1.54) is 9.13 Å². The number of rotatable bonds is 4. The van der Waals surface area contributed by atoms with E-state index in [2.05, 4.69) is 25.9 Å². The Morgan fingerprint density at radius 2 is 2.07 bits per heavy atom. The number of hydrogen-bond donors (Lipinski definition) is 2. The molecular formula is C17H16BrClN6O2. The fraction of sp³-hybridized carbons (Fsp3) is 0.235. The Kier molecular flexibility index (Phi) is 4.45. The van der Waals surface area contributed by atoms with E-state index >= 15 is 0 Å². The largest absolute Gasteiger partial charge is 0.357 e. The molecular weight excluding hydrogens is 436 g/mol. The number of nitrogens with one attached hydrogen (secondary N) is 1. The summed E-state index contributed by atoms with van der Waals surface area (Å²) < 4.78 is 4.69. The van der Waals surface area contributed by atoms with Crippen LogP contribution in [0, 0.1) is 0 Å². The minimum Gasteiger partial charge on any atom is -0.357 e. The molecule has 3 heterocycles. The van der Waals surface area contributed by atoms with Crippen molar-refractivity contribution in [2.75, 3.05) is 6.54 Å². The zero-order valence-electron chi connectivity index (χ0n) is 14.4. The van der Waals surface area contributed by atoms with Gasteiger partial charge in [-0.2, -0.15) is 0 Å². The summed E-state index contributed by atoms with van der Waals surface area (Å²) in [6.07, 6.45) is 0. The van der Waals surface area contributed by atoms with Crippen molar-refractivity contribution in [3.63, 3.8) is 0 Å². The fourth-order valence-corrected chi connectivity index (χ4v) is 4.00. The second kappa shape index (κ2) is 6.66. The van der Waals surface area contributed by atoms with Crippen LogP contribution in [0.5, 0.6) is 0 Å². The Balaban J connectivity index is 1.93. The summed E-state index contributed by atoms with van der Waals surface area (Å²) in [6.45, 7) is 0.845. The van der Waals surface area contributed by atoms with Gasteiger partial charge in [0.2, 0.25) is 0 Å². The van der Waals surface area contributed by atoms with E-state index in [1.807, 2.05) is 18.2 Å². The summed E-state index contributed by atoms with van der Waals surface area (Å²) in [5, 5.41) is 1.45. The molecule has 0 radical (unpaired) electrons. The molecule has 0 spiro atoms. The highest BCUT2D eigenvalue weighted by atomic mass is 79.9. The Morgan fingerprint density at radius 1 is 1.30 bits per heavy atom. The molecule has 4 aromatic rings. The maximum Gasteiger partial charge on any atom is 0.332 e. The summed E-state index contributed by atoms with van der Waals surface area (Å²) >= 11 is 9.55. The van der Waals surface area contributed by atoms with Gasteiger partial charge in [-0.25, -0.2) is 9.78 Å². The number of imidazole rings is 1. The Morgan fingerprint density at radius 3 is 2.78 bits per heavy atom. The predicted octanol–water partition coefficient (Wildman–Crippen LogP) is 1.80. The molecule has 0 aliphatic rings. The van der Waals surface area contributed by atoms with Crippen molar-refractivity contribution in [2.45, 2.75) is 13.1 Å². The van der Waals surface area contributed by atoms with E-state index in [-0.39, 0.29) is 6.54 Å². The number of hydrogen-bond acceptors (Lipinski definition) is 4. The van der Waals surface area contributed by atoms with Crippen molar-refractivity contribution in [1.29, 1.82) is 0 Å². The molecule has 0 saturated heterocycles. The van der Waals surface area contributed by atoms with E-state index in [0.717, 1.165) is 10.9 Å². The van der Waals surface area contributed by atoms with E-state index in [1.54, 1.807) is 17.7 Å². The normalized spacial score (nSPS) is 11.7. The first-order valence-electron chi connectivity index (χ1n) is 8.24. The molecule has 1 aromatic carbocycles. The van der Waals surface area contributed by atoms with E-state index in [9.17, 15) is 9.59 Å². The molecule has 140 valence electrons. The van der Waals surface area contributed by atoms with Crippen LogP contribution < -0.4 is 17.0 Å². The number of halogens is 2. The van der Waals surface area contributed by atoms with Gasteiger partial charge in [-0.05, 0) is 34.1 Å². The maximum atomic E-state index is 13.1. The monoisotopic (exact) mass is 450 g/mol. The average molecular weight is 452 g/mol. The quantitative estimate of drug-likeness (QED) is 0.462. The van der Waals surface area contributed by atoms with Crippen molar-refractivity contribution in [1.82, 2.24) is 23.7 Å². The standard InChI is InChI=1S/C17H16BrClN6O2/c1-23-14-13(24(6-5-20)16(18)22-14)15(26)25(17(23)27)8-9-7-10-11(19)3-2-4-12(10)21-9/h2-4,7,21H,5-6,8,20H2,1H3. The number of fused-ring (bicyclic) bond motifs is 2. The van der Waals surface area contributed by atoms with Crippen LogP contribution in [-0.4, -0.2) is 30.2 Å². The maximum absolute atomic E-state index is 13.1. The van der Waals surface area contributed by atoms with Crippen molar-refractivity contribution in [3.05, 3.63) is 60.6 Å². The number of aromatic amines is 1. The van der Waals surface area contributed by atoms with Gasteiger partial charge in [-0.15, -0.1) is 0 Å². The number of aromatic nitrogens is 5. The van der Waals surface area contributed by atoms with Gasteiger partial charge in [0.05, 0.1) is 6.54 Å². The summed E-state index contributed by atoms with van der Waals surface area (Å²) in [5.41, 5.74) is 7.01. The zero-order valence-corrected chi connectivity index (χ0v) is 16.7. The van der Waals surface area contributed by atoms with Crippen LogP contribution >= 0.6 is 27.5 Å². The van der Waals surface area contributed by atoms with Gasteiger partial charge in [0, 0.05) is 41.8 Å². The molecule has 0 atom stereocenters. The van der Waals surface area contributed by atoms with Crippen LogP contribution in [0.4, 0.5) is 0 Å². The van der Waals surface area contributed by atoms with Crippen LogP contribution in [0.2, 0.25) is 5.02 Å². The lowest BCUT2D eigenvalue weighted by Crippen LogP contribution is -2.40. The SMILES string of the molecule is Cn1c(=O)n(Cc2cc3c(Cl)cccc3[nH]2)c(=O)c2c1nc(Br)n2CCN. The molecule has 0 bridgehead atoms. The third-order valence-corrected chi connectivity index (χ3v) is 5.47. The van der Waals surface area contributed by atoms with Gasteiger partial charge in [-0.3, -0.25) is 13.9 Å². The number of aryl methyl sites for hydroxylation is 1. The Bertz CT molecular complexity index is 1300. The second-order valence-electron chi connectivity index (χ2n) is 6.22. The second-order valence-corrected chi connectivity index (χ2v) is 7.34. The topological polar surface area (TPSA) is 104 Å². The lowest BCUT2D eigenvalue weighted by molar-refractivity contribution is 0.642. The summed E-state index contributed by atoms with van der Waals surface area (Å²) in [6, 6.07) is 7.37. The van der Waals surface area contributed by atoms with Gasteiger partial charge in [0.1, 0.15) is 0 Å². The molecule has 0 amide bonds. The van der Waals surface area contributed by atoms with Gasteiger partial charge in [0.25, 0.3) is 5.56 Å². The van der Waals surface area contributed by atoms with Crippen LogP contribution in [0.15, 0.2) is 38.6 Å². The van der Waals surface area contributed by atoms with Crippen molar-refractivity contribution in [3.8, 4) is 0 Å². The number of nitrogens with zero attached hydrogens (tertiary/aromatic N) is 4. The highest BCUT2D eigenvalue weighted by molar-refractivity contribution is 9.10. The van der Waals surface area contributed by atoms with E-state index in [4.69, 9.17) is 17.3 Å². The molecule has 0 saturated carbocycles. The fourth-order valence-electron chi connectivity index (χ4n) is 3.25. The van der Waals surface area contributed by atoms with Crippen molar-refractivity contribution < 1.29 is 0 Å². The molecule has 10 heteroatoms. The molecule has 0 fully saturated rings. The number of benzene rings is 1. The van der Waals surface area contributed by atoms with Crippen molar-refractivity contribution >= 4 is 49.6 Å². The number of H-pyrrole nitrogens is 1. The first kappa shape index (κ1) is 18.0. The van der Waals surface area contributed by atoms with Crippen LogP contribution in [0.25, 0.3) is 22.1 Å².